The van der Waals surface area contributed by atoms with Crippen molar-refractivity contribution in [1.82, 2.24) is 0 Å². The molecule has 2 aromatic carbocycles. The minimum Gasteiger partial charge on any atom is -0.504 e. The van der Waals surface area contributed by atoms with Gasteiger partial charge in [-0.05, 0) is 35.9 Å². The van der Waals surface area contributed by atoms with Gasteiger partial charge >= 0.3 is 5.97 Å². The topological polar surface area (TPSA) is 110 Å². The summed E-state index contributed by atoms with van der Waals surface area (Å²) in [6.07, 6.45) is 2.81. The van der Waals surface area contributed by atoms with Crippen molar-refractivity contribution in [2.24, 2.45) is 0 Å². The molecule has 0 amide bonds. The Kier molecular flexibility index (Phi) is 4.66. The highest BCUT2D eigenvalue weighted by atomic mass is 16.5. The standard InChI is InChI=1S/C17H15NO5/c1-23-15-9-10(6-8-14(15)20)5-7-13(19)11-3-2-4-12(16(11)18)17(21)22/h2-9,20H,18H2,1H3,(H,21,22). The van der Waals surface area contributed by atoms with Gasteiger partial charge < -0.3 is 20.7 Å². The summed E-state index contributed by atoms with van der Waals surface area (Å²) in [6, 6.07) is 8.89. The van der Waals surface area contributed by atoms with E-state index in [2.05, 4.69) is 0 Å². The van der Waals surface area contributed by atoms with Gasteiger partial charge in [0.1, 0.15) is 0 Å². The van der Waals surface area contributed by atoms with Crippen LogP contribution in [0.5, 0.6) is 11.5 Å². The number of nitrogen functional groups attached to an aromatic ring is 1. The Hall–Kier alpha value is -3.28. The molecular formula is C17H15NO5. The lowest BCUT2D eigenvalue weighted by molar-refractivity contribution is 0.0698. The number of allylic oxidation sites excluding steroid dienone is 1. The molecule has 0 radical (unpaired) electrons. The van der Waals surface area contributed by atoms with Crippen LogP contribution in [0.3, 0.4) is 0 Å². The number of ether oxygens (including phenoxy) is 1. The molecular weight excluding hydrogens is 298 g/mol. The van der Waals surface area contributed by atoms with E-state index in [1.165, 1.54) is 43.5 Å². The van der Waals surface area contributed by atoms with Gasteiger partial charge in [-0.2, -0.15) is 0 Å². The summed E-state index contributed by atoms with van der Waals surface area (Å²) in [5.74, 6) is -1.33. The van der Waals surface area contributed by atoms with Crippen LogP contribution < -0.4 is 10.5 Å². The maximum atomic E-state index is 12.2. The number of para-hydroxylation sites is 1. The number of carboxylic acid groups (broad SMARTS) is 1. The summed E-state index contributed by atoms with van der Waals surface area (Å²) in [5, 5.41) is 18.5. The number of carbonyl (C=O) groups excluding carboxylic acids is 1. The van der Waals surface area contributed by atoms with E-state index in [1.807, 2.05) is 0 Å². The molecule has 6 nitrogen and oxygen atoms in total. The van der Waals surface area contributed by atoms with Gasteiger partial charge in [-0.25, -0.2) is 4.79 Å². The summed E-state index contributed by atoms with van der Waals surface area (Å²) in [5.41, 5.74) is 6.30. The van der Waals surface area contributed by atoms with E-state index >= 15 is 0 Å². The fraction of sp³-hybridized carbons (Fsp3) is 0.0588. The van der Waals surface area contributed by atoms with Crippen molar-refractivity contribution in [3.8, 4) is 11.5 Å². The van der Waals surface area contributed by atoms with Crippen molar-refractivity contribution in [3.63, 3.8) is 0 Å². The molecule has 0 aliphatic carbocycles. The smallest absolute Gasteiger partial charge is 0.337 e. The Balaban J connectivity index is 2.29. The van der Waals surface area contributed by atoms with Crippen molar-refractivity contribution in [3.05, 3.63) is 59.2 Å². The summed E-state index contributed by atoms with van der Waals surface area (Å²) in [7, 11) is 1.42. The third-order valence-corrected chi connectivity index (χ3v) is 3.23. The van der Waals surface area contributed by atoms with Crippen LogP contribution in [0.15, 0.2) is 42.5 Å². The van der Waals surface area contributed by atoms with Gasteiger partial charge in [-0.3, -0.25) is 4.79 Å². The molecule has 0 spiro atoms. The zero-order valence-electron chi connectivity index (χ0n) is 12.3. The molecule has 0 fully saturated rings. The molecule has 2 aromatic rings. The molecule has 23 heavy (non-hydrogen) atoms. The first-order valence-electron chi connectivity index (χ1n) is 6.65. The number of hydrogen-bond acceptors (Lipinski definition) is 5. The number of methoxy groups -OCH3 is 1. The van der Waals surface area contributed by atoms with Crippen molar-refractivity contribution in [2.75, 3.05) is 12.8 Å². The molecule has 0 saturated carbocycles. The Bertz CT molecular complexity index is 796. The minimum atomic E-state index is -1.19. The molecule has 0 aliphatic rings. The Morgan fingerprint density at radius 1 is 1.17 bits per heavy atom. The second-order valence-electron chi connectivity index (χ2n) is 4.70. The first kappa shape index (κ1) is 16.1. The fourth-order valence-electron chi connectivity index (χ4n) is 2.03. The van der Waals surface area contributed by atoms with Crippen LogP contribution in [0, 0.1) is 0 Å². The van der Waals surface area contributed by atoms with Crippen LogP contribution in [0.4, 0.5) is 5.69 Å². The van der Waals surface area contributed by atoms with Crippen LogP contribution in [-0.4, -0.2) is 29.1 Å². The molecule has 0 unspecified atom stereocenters. The number of carbonyl (C=O) groups is 2. The Morgan fingerprint density at radius 3 is 2.52 bits per heavy atom. The first-order chi connectivity index (χ1) is 10.9. The summed E-state index contributed by atoms with van der Waals surface area (Å²) in [6.45, 7) is 0. The van der Waals surface area contributed by atoms with E-state index in [0.29, 0.717) is 5.56 Å². The molecule has 0 bridgehead atoms. The number of anilines is 1. The van der Waals surface area contributed by atoms with Crippen LogP contribution in [0.2, 0.25) is 0 Å². The number of hydrogen-bond donors (Lipinski definition) is 3. The second-order valence-corrected chi connectivity index (χ2v) is 4.70. The molecule has 0 aliphatic heterocycles. The lowest BCUT2D eigenvalue weighted by atomic mass is 10.0. The highest BCUT2D eigenvalue weighted by molar-refractivity contribution is 6.12. The number of aromatic carboxylic acids is 1. The third kappa shape index (κ3) is 3.49. The van der Waals surface area contributed by atoms with Crippen LogP contribution >= 0.6 is 0 Å². The zero-order chi connectivity index (χ0) is 17.0. The van der Waals surface area contributed by atoms with Gasteiger partial charge in [0.15, 0.2) is 17.3 Å². The highest BCUT2D eigenvalue weighted by Crippen LogP contribution is 2.27. The highest BCUT2D eigenvalue weighted by Gasteiger charge is 2.14. The Labute approximate surface area is 132 Å². The normalized spacial score (nSPS) is 10.7. The van der Waals surface area contributed by atoms with Crippen LogP contribution in [0.25, 0.3) is 6.08 Å². The number of phenols is 1. The lowest BCUT2D eigenvalue weighted by Crippen LogP contribution is -2.08. The number of nitrogens with two attached hydrogens (primary N) is 1. The van der Waals surface area contributed by atoms with Crippen molar-refractivity contribution in [1.29, 1.82) is 0 Å². The molecule has 0 heterocycles. The van der Waals surface area contributed by atoms with Crippen molar-refractivity contribution >= 4 is 23.5 Å². The average molecular weight is 313 g/mol. The SMILES string of the molecule is COc1cc(C=CC(=O)c2cccc(C(=O)O)c2N)ccc1O. The zero-order valence-corrected chi connectivity index (χ0v) is 12.3. The summed E-state index contributed by atoms with van der Waals surface area (Å²) >= 11 is 0. The van der Waals surface area contributed by atoms with Crippen molar-refractivity contribution in [2.45, 2.75) is 0 Å². The maximum absolute atomic E-state index is 12.2. The largest absolute Gasteiger partial charge is 0.504 e. The van der Waals surface area contributed by atoms with E-state index in [9.17, 15) is 14.7 Å². The van der Waals surface area contributed by atoms with E-state index in [0.717, 1.165) is 0 Å². The van der Waals surface area contributed by atoms with E-state index in [4.69, 9.17) is 15.6 Å². The predicted octanol–water partition coefficient (Wildman–Crippen LogP) is 2.58. The summed E-state index contributed by atoms with van der Waals surface area (Å²) in [4.78, 5) is 23.2. The van der Waals surface area contributed by atoms with E-state index in [-0.39, 0.29) is 28.3 Å². The van der Waals surface area contributed by atoms with Gasteiger partial charge in [-0.15, -0.1) is 0 Å². The van der Waals surface area contributed by atoms with Crippen molar-refractivity contribution < 1.29 is 24.5 Å². The molecule has 2 rings (SSSR count). The minimum absolute atomic E-state index is 0.00520. The molecule has 118 valence electrons. The maximum Gasteiger partial charge on any atom is 0.337 e. The first-order valence-corrected chi connectivity index (χ1v) is 6.65. The second kappa shape index (κ2) is 6.65. The van der Waals surface area contributed by atoms with Crippen LogP contribution in [0.1, 0.15) is 26.3 Å². The van der Waals surface area contributed by atoms with E-state index < -0.39 is 11.8 Å². The molecule has 0 atom stereocenters. The number of rotatable bonds is 5. The number of benzene rings is 2. The van der Waals surface area contributed by atoms with E-state index in [1.54, 1.807) is 12.1 Å². The van der Waals surface area contributed by atoms with Gasteiger partial charge in [0, 0.05) is 5.56 Å². The molecule has 0 saturated heterocycles. The Morgan fingerprint density at radius 2 is 1.87 bits per heavy atom. The molecule has 4 N–H and O–H groups in total. The van der Waals surface area contributed by atoms with Gasteiger partial charge in [-0.1, -0.05) is 18.2 Å². The lowest BCUT2D eigenvalue weighted by Gasteiger charge is -2.05. The van der Waals surface area contributed by atoms with Crippen LogP contribution in [-0.2, 0) is 0 Å². The number of aromatic hydroxyl groups is 1. The van der Waals surface area contributed by atoms with Gasteiger partial charge in [0.25, 0.3) is 0 Å². The number of phenolic OH excluding ortho intramolecular Hbond substituents is 1. The monoisotopic (exact) mass is 313 g/mol. The molecule has 6 heteroatoms. The van der Waals surface area contributed by atoms with Gasteiger partial charge in [0.2, 0.25) is 0 Å². The molecule has 0 aromatic heterocycles. The van der Waals surface area contributed by atoms with Gasteiger partial charge in [0.05, 0.1) is 18.4 Å². The fourth-order valence-corrected chi connectivity index (χ4v) is 2.03. The average Bonchev–Trinajstić information content (AvgIpc) is 2.53. The third-order valence-electron chi connectivity index (χ3n) is 3.23. The number of ketones is 1. The quantitative estimate of drug-likeness (QED) is 0.444. The summed E-state index contributed by atoms with van der Waals surface area (Å²) < 4.78 is 4.98. The number of carboxylic acids is 1. The predicted molar refractivity (Wildman–Crippen MR) is 85.8 cm³/mol.